The van der Waals surface area contributed by atoms with Gasteiger partial charge < -0.3 is 14.2 Å². The van der Waals surface area contributed by atoms with Crippen LogP contribution in [0.1, 0.15) is 41.2 Å². The third-order valence-electron chi connectivity index (χ3n) is 5.78. The predicted octanol–water partition coefficient (Wildman–Crippen LogP) is 3.91. The van der Waals surface area contributed by atoms with Crippen molar-refractivity contribution in [2.75, 3.05) is 13.1 Å². The second-order valence-electron chi connectivity index (χ2n) is 7.45. The van der Waals surface area contributed by atoms with Crippen molar-refractivity contribution in [3.63, 3.8) is 0 Å². The maximum atomic E-state index is 13.0. The highest BCUT2D eigenvalue weighted by Gasteiger charge is 2.25. The minimum absolute atomic E-state index is 0.0327. The lowest BCUT2D eigenvalue weighted by atomic mass is 10.1. The first kappa shape index (κ1) is 18.5. The minimum atomic E-state index is 0.0327. The summed E-state index contributed by atoms with van der Waals surface area (Å²) in [5.74, 6) is 1.64. The van der Waals surface area contributed by atoms with Crippen molar-refractivity contribution in [2.24, 2.45) is 7.05 Å². The fourth-order valence-electron chi connectivity index (χ4n) is 4.06. The number of aromatic nitrogens is 2. The van der Waals surface area contributed by atoms with Crippen molar-refractivity contribution < 1.29 is 9.53 Å². The Bertz CT molecular complexity index is 1010. The molecule has 0 fully saturated rings. The van der Waals surface area contributed by atoms with E-state index in [1.807, 2.05) is 49.4 Å². The Labute approximate surface area is 165 Å². The molecule has 0 unspecified atom stereocenters. The van der Waals surface area contributed by atoms with Crippen LogP contribution in [-0.2, 0) is 19.9 Å². The number of carbonyl (C=O) groups is 1. The molecule has 2 aromatic carbocycles. The molecular weight excluding hydrogens is 350 g/mol. The molecule has 0 N–H and O–H groups in total. The van der Waals surface area contributed by atoms with Crippen molar-refractivity contribution in [2.45, 2.75) is 39.7 Å². The van der Waals surface area contributed by atoms with E-state index in [1.165, 1.54) is 11.1 Å². The zero-order valence-corrected chi connectivity index (χ0v) is 17.0. The van der Waals surface area contributed by atoms with Gasteiger partial charge in [-0.1, -0.05) is 24.3 Å². The van der Waals surface area contributed by atoms with Crippen LogP contribution < -0.4 is 4.74 Å². The first-order valence-corrected chi connectivity index (χ1v) is 10.0. The average molecular weight is 377 g/mol. The maximum Gasteiger partial charge on any atom is 0.254 e. The molecule has 0 bridgehead atoms. The largest absolute Gasteiger partial charge is 0.487 e. The monoisotopic (exact) mass is 377 g/mol. The van der Waals surface area contributed by atoms with Crippen LogP contribution >= 0.6 is 0 Å². The van der Waals surface area contributed by atoms with E-state index in [4.69, 9.17) is 9.72 Å². The lowest BCUT2D eigenvalue weighted by molar-refractivity contribution is 0.0772. The highest BCUT2D eigenvalue weighted by atomic mass is 16.5. The van der Waals surface area contributed by atoms with E-state index in [9.17, 15) is 4.79 Å². The zero-order valence-electron chi connectivity index (χ0n) is 17.0. The second-order valence-corrected chi connectivity index (χ2v) is 7.45. The summed E-state index contributed by atoms with van der Waals surface area (Å²) in [5, 5.41) is 0. The van der Waals surface area contributed by atoms with E-state index in [2.05, 4.69) is 24.3 Å². The normalized spacial score (nSPS) is 13.7. The molecule has 5 heteroatoms. The molecule has 3 aromatic rings. The molecule has 4 rings (SSSR count). The predicted molar refractivity (Wildman–Crippen MR) is 111 cm³/mol. The van der Waals surface area contributed by atoms with Gasteiger partial charge in [-0.15, -0.1) is 0 Å². The average Bonchev–Trinajstić information content (AvgIpc) is 3.23. The summed E-state index contributed by atoms with van der Waals surface area (Å²) in [6, 6.07) is 12.3. The van der Waals surface area contributed by atoms with Crippen molar-refractivity contribution in [3.05, 3.63) is 58.9 Å². The topological polar surface area (TPSA) is 47.4 Å². The lowest BCUT2D eigenvalue weighted by Crippen LogP contribution is -2.30. The van der Waals surface area contributed by atoms with Gasteiger partial charge in [-0.3, -0.25) is 4.79 Å². The Morgan fingerprint density at radius 2 is 1.82 bits per heavy atom. The van der Waals surface area contributed by atoms with Gasteiger partial charge in [0, 0.05) is 38.5 Å². The quantitative estimate of drug-likeness (QED) is 0.677. The Kier molecular flexibility index (Phi) is 4.84. The van der Waals surface area contributed by atoms with Gasteiger partial charge in [0.25, 0.3) is 5.91 Å². The first-order chi connectivity index (χ1) is 13.5. The fraction of sp³-hybridized carbons (Fsp3) is 0.391. The summed E-state index contributed by atoms with van der Waals surface area (Å²) in [4.78, 5) is 19.5. The minimum Gasteiger partial charge on any atom is -0.487 e. The van der Waals surface area contributed by atoms with Crippen LogP contribution in [0.3, 0.4) is 0 Å². The van der Waals surface area contributed by atoms with E-state index >= 15 is 0 Å². The number of imidazole rings is 1. The summed E-state index contributed by atoms with van der Waals surface area (Å²) in [5.41, 5.74) is 5.10. The molecule has 146 valence electrons. The number of amides is 1. The number of hydrogen-bond donors (Lipinski definition) is 0. The molecule has 28 heavy (non-hydrogen) atoms. The van der Waals surface area contributed by atoms with E-state index in [0.29, 0.717) is 24.4 Å². The van der Waals surface area contributed by atoms with Gasteiger partial charge in [-0.2, -0.15) is 0 Å². The Morgan fingerprint density at radius 3 is 2.43 bits per heavy atom. The summed E-state index contributed by atoms with van der Waals surface area (Å²) in [6.45, 7) is 7.35. The molecule has 1 amide bonds. The maximum absolute atomic E-state index is 13.0. The van der Waals surface area contributed by atoms with Gasteiger partial charge in [0.15, 0.2) is 0 Å². The van der Waals surface area contributed by atoms with E-state index in [-0.39, 0.29) is 12.0 Å². The molecule has 0 spiro atoms. The highest BCUT2D eigenvalue weighted by Crippen LogP contribution is 2.32. The van der Waals surface area contributed by atoms with Gasteiger partial charge in [0.1, 0.15) is 23.2 Å². The SMILES string of the molecule is CCN(CC)C(=O)c1cc(OC2Cc3ccccc3C2)c2nc(C)n(C)c2c1. The van der Waals surface area contributed by atoms with Gasteiger partial charge in [0.2, 0.25) is 0 Å². The molecule has 1 aromatic heterocycles. The zero-order chi connectivity index (χ0) is 19.8. The number of ether oxygens (including phenoxy) is 1. The number of aryl methyl sites for hydroxylation is 2. The molecule has 0 saturated heterocycles. The summed E-state index contributed by atoms with van der Waals surface area (Å²) < 4.78 is 8.45. The van der Waals surface area contributed by atoms with Crippen LogP contribution in [0.2, 0.25) is 0 Å². The molecule has 0 atom stereocenters. The molecule has 0 radical (unpaired) electrons. The van der Waals surface area contributed by atoms with Crippen LogP contribution in [0.4, 0.5) is 0 Å². The molecule has 1 heterocycles. The Hall–Kier alpha value is -2.82. The fourth-order valence-corrected chi connectivity index (χ4v) is 4.06. The van der Waals surface area contributed by atoms with Crippen molar-refractivity contribution in [1.82, 2.24) is 14.5 Å². The summed E-state index contributed by atoms with van der Waals surface area (Å²) >= 11 is 0. The third-order valence-corrected chi connectivity index (χ3v) is 5.78. The summed E-state index contributed by atoms with van der Waals surface area (Å²) in [6.07, 6.45) is 1.84. The highest BCUT2D eigenvalue weighted by molar-refractivity contribution is 5.99. The number of rotatable bonds is 5. The van der Waals surface area contributed by atoms with E-state index < -0.39 is 0 Å². The van der Waals surface area contributed by atoms with Gasteiger partial charge >= 0.3 is 0 Å². The van der Waals surface area contributed by atoms with Crippen LogP contribution in [0.25, 0.3) is 11.0 Å². The Morgan fingerprint density at radius 1 is 1.18 bits per heavy atom. The molecule has 1 aliphatic rings. The Balaban J connectivity index is 1.72. The van der Waals surface area contributed by atoms with Gasteiger partial charge in [-0.05, 0) is 44.0 Å². The van der Waals surface area contributed by atoms with Crippen molar-refractivity contribution in [1.29, 1.82) is 0 Å². The third kappa shape index (κ3) is 3.15. The standard InChI is InChI=1S/C23H27N3O2/c1-5-26(6-2)23(27)18-13-20-22(24-15(3)25(20)4)21(14-18)28-19-11-16-9-7-8-10-17(16)12-19/h7-10,13-14,19H,5-6,11-12H2,1-4H3. The number of benzene rings is 2. The molecule has 0 aliphatic heterocycles. The van der Waals surface area contributed by atoms with E-state index in [0.717, 1.165) is 29.7 Å². The molecule has 5 nitrogen and oxygen atoms in total. The summed E-state index contributed by atoms with van der Waals surface area (Å²) in [7, 11) is 1.98. The number of nitrogens with zero attached hydrogens (tertiary/aromatic N) is 3. The smallest absolute Gasteiger partial charge is 0.254 e. The van der Waals surface area contributed by atoms with E-state index in [1.54, 1.807) is 0 Å². The molecular formula is C23H27N3O2. The molecule has 0 saturated carbocycles. The second kappa shape index (κ2) is 7.30. The number of hydrogen-bond acceptors (Lipinski definition) is 3. The van der Waals surface area contributed by atoms with Crippen molar-refractivity contribution >= 4 is 16.9 Å². The number of fused-ring (bicyclic) bond motifs is 2. The van der Waals surface area contributed by atoms with Crippen LogP contribution in [0.5, 0.6) is 5.75 Å². The number of carbonyl (C=O) groups excluding carboxylic acids is 1. The van der Waals surface area contributed by atoms with Crippen LogP contribution in [0.15, 0.2) is 36.4 Å². The van der Waals surface area contributed by atoms with Gasteiger partial charge in [-0.25, -0.2) is 4.98 Å². The van der Waals surface area contributed by atoms with Gasteiger partial charge in [0.05, 0.1) is 5.52 Å². The lowest BCUT2D eigenvalue weighted by Gasteiger charge is -2.20. The van der Waals surface area contributed by atoms with Crippen LogP contribution in [-0.4, -0.2) is 39.6 Å². The molecule has 1 aliphatic carbocycles. The van der Waals surface area contributed by atoms with Crippen LogP contribution in [0, 0.1) is 6.92 Å². The first-order valence-electron chi connectivity index (χ1n) is 10.0. The van der Waals surface area contributed by atoms with Crippen molar-refractivity contribution in [3.8, 4) is 5.75 Å².